The largest absolute Gasteiger partial charge is 0.469 e. The summed E-state index contributed by atoms with van der Waals surface area (Å²) in [7, 11) is 1.45. The molecule has 2 heteroatoms. The fraction of sp³-hybridized carbons (Fsp3) is 0.947. The van der Waals surface area contributed by atoms with Gasteiger partial charge < -0.3 is 4.74 Å². The minimum Gasteiger partial charge on any atom is -0.469 e. The maximum atomic E-state index is 11.0. The second-order valence-corrected chi connectivity index (χ2v) is 6.39. The van der Waals surface area contributed by atoms with E-state index in [1.54, 1.807) is 0 Å². The van der Waals surface area contributed by atoms with Crippen LogP contribution in [0.2, 0.25) is 0 Å². The van der Waals surface area contributed by atoms with Gasteiger partial charge in [0.05, 0.1) is 7.11 Å². The minimum atomic E-state index is -0.0915. The lowest BCUT2D eigenvalue weighted by Crippen LogP contribution is -1.99. The Morgan fingerprint density at radius 2 is 1.67 bits per heavy atom. The van der Waals surface area contributed by atoms with E-state index in [0.29, 0.717) is 12.3 Å². The van der Waals surface area contributed by atoms with Gasteiger partial charge in [-0.1, -0.05) is 89.8 Å². The number of ether oxygens (including phenoxy) is 1. The summed E-state index contributed by atoms with van der Waals surface area (Å²) < 4.78 is 20.8. The van der Waals surface area contributed by atoms with Crippen molar-refractivity contribution in [3.63, 3.8) is 0 Å². The Labute approximate surface area is 134 Å². The van der Waals surface area contributed by atoms with Crippen LogP contribution in [-0.4, -0.2) is 13.1 Å². The van der Waals surface area contributed by atoms with Gasteiger partial charge in [0, 0.05) is 9.16 Å². The number of carbonyl (C=O) groups is 1. The molecule has 0 spiro atoms. The summed E-state index contributed by atoms with van der Waals surface area (Å²) in [6.07, 6.45) is 15.6. The zero-order valence-corrected chi connectivity index (χ0v) is 13.9. The van der Waals surface area contributed by atoms with E-state index in [2.05, 4.69) is 4.74 Å². The van der Waals surface area contributed by atoms with Gasteiger partial charge in [-0.05, 0) is 12.3 Å². The third-order valence-electron chi connectivity index (χ3n) is 4.52. The molecule has 3 unspecified atom stereocenters. The molecule has 0 saturated heterocycles. The van der Waals surface area contributed by atoms with Gasteiger partial charge >= 0.3 is 5.97 Å². The van der Waals surface area contributed by atoms with Crippen LogP contribution in [0.25, 0.3) is 0 Å². The Hall–Kier alpha value is -0.530. The van der Waals surface area contributed by atoms with Gasteiger partial charge in [0.25, 0.3) is 0 Å². The van der Waals surface area contributed by atoms with E-state index in [0.717, 1.165) is 44.9 Å². The minimum absolute atomic E-state index is 0.0835. The van der Waals surface area contributed by atoms with Crippen molar-refractivity contribution in [1.29, 1.82) is 0 Å². The van der Waals surface area contributed by atoms with Crippen molar-refractivity contribution in [2.45, 2.75) is 103 Å². The standard InChI is InChI=1S/C19H36O2/c1-21-19(20)17-13-7-5-3-2-4-6-10-14-18-15-11-8-9-12-16-18/h18H,2-17H2,1H3/i11D,16D. The maximum absolute atomic E-state index is 11.0. The van der Waals surface area contributed by atoms with Crippen molar-refractivity contribution in [3.8, 4) is 0 Å². The molecule has 0 N–H and O–H groups in total. The van der Waals surface area contributed by atoms with Gasteiger partial charge in [0.15, 0.2) is 0 Å². The smallest absolute Gasteiger partial charge is 0.305 e. The zero-order chi connectivity index (χ0) is 16.9. The molecule has 0 bridgehead atoms. The van der Waals surface area contributed by atoms with Crippen LogP contribution < -0.4 is 0 Å². The average Bonchev–Trinajstić information content (AvgIpc) is 2.70. The van der Waals surface area contributed by atoms with Crippen molar-refractivity contribution < 1.29 is 12.3 Å². The first-order valence-electron chi connectivity index (χ1n) is 10.2. The first-order valence-corrected chi connectivity index (χ1v) is 9.04. The molecule has 0 amide bonds. The Balaban J connectivity index is 1.92. The molecule has 0 aromatic rings. The maximum Gasteiger partial charge on any atom is 0.305 e. The van der Waals surface area contributed by atoms with Crippen molar-refractivity contribution in [2.75, 3.05) is 7.11 Å². The molecule has 1 saturated carbocycles. The lowest BCUT2D eigenvalue weighted by Gasteiger charge is -2.13. The number of unbranched alkanes of at least 4 members (excludes halogenated alkanes) is 7. The van der Waals surface area contributed by atoms with Crippen LogP contribution in [0.15, 0.2) is 0 Å². The second-order valence-electron chi connectivity index (χ2n) is 6.39. The molecular weight excluding hydrogens is 260 g/mol. The summed E-state index contributed by atoms with van der Waals surface area (Å²) in [5.74, 6) is 0.379. The van der Waals surface area contributed by atoms with Crippen LogP contribution >= 0.6 is 0 Å². The summed E-state index contributed by atoms with van der Waals surface area (Å²) in [6.45, 7) is 0. The van der Waals surface area contributed by atoms with Crippen LogP contribution in [0.5, 0.6) is 0 Å². The van der Waals surface area contributed by atoms with E-state index in [9.17, 15) is 4.79 Å². The quantitative estimate of drug-likeness (QED) is 0.264. The van der Waals surface area contributed by atoms with Crippen LogP contribution in [0, 0.1) is 5.92 Å². The predicted molar refractivity (Wildman–Crippen MR) is 89.4 cm³/mol. The normalized spacial score (nSPS) is 27.6. The lowest BCUT2D eigenvalue weighted by molar-refractivity contribution is -0.140. The molecule has 2 nitrogen and oxygen atoms in total. The molecule has 1 fully saturated rings. The van der Waals surface area contributed by atoms with Crippen molar-refractivity contribution in [1.82, 2.24) is 0 Å². The Kier molecular flexibility index (Phi) is 9.63. The molecule has 1 rings (SSSR count). The van der Waals surface area contributed by atoms with E-state index in [1.807, 2.05) is 0 Å². The lowest BCUT2D eigenvalue weighted by atomic mass is 9.93. The predicted octanol–water partition coefficient (Wildman–Crippen LogP) is 6.03. The number of carbonyl (C=O) groups excluding carboxylic acids is 1. The summed E-state index contributed by atoms with van der Waals surface area (Å²) in [4.78, 5) is 11.0. The Bertz CT molecular complexity index is 310. The van der Waals surface area contributed by atoms with Gasteiger partial charge in [-0.25, -0.2) is 0 Å². The molecule has 21 heavy (non-hydrogen) atoms. The van der Waals surface area contributed by atoms with E-state index >= 15 is 0 Å². The van der Waals surface area contributed by atoms with Gasteiger partial charge in [-0.3, -0.25) is 4.79 Å². The van der Waals surface area contributed by atoms with Crippen molar-refractivity contribution in [2.24, 2.45) is 5.92 Å². The first kappa shape index (κ1) is 15.4. The molecule has 0 heterocycles. The molecule has 0 radical (unpaired) electrons. The number of hydrogen-bond acceptors (Lipinski definition) is 2. The SMILES string of the molecule is [2H]C1CCCC([2H])C(CCCCCCCCCCC(=O)OC)C1. The molecule has 1 aliphatic rings. The fourth-order valence-corrected chi connectivity index (χ4v) is 3.12. The summed E-state index contributed by atoms with van der Waals surface area (Å²) in [6, 6.07) is 0. The summed E-state index contributed by atoms with van der Waals surface area (Å²) in [5, 5.41) is 0. The third-order valence-corrected chi connectivity index (χ3v) is 4.52. The van der Waals surface area contributed by atoms with Crippen LogP contribution in [-0.2, 0) is 9.53 Å². The average molecular weight is 299 g/mol. The topological polar surface area (TPSA) is 26.3 Å². The summed E-state index contributed by atoms with van der Waals surface area (Å²) in [5.41, 5.74) is 0. The Morgan fingerprint density at radius 1 is 1.00 bits per heavy atom. The number of rotatable bonds is 11. The first-order chi connectivity index (χ1) is 11.1. The summed E-state index contributed by atoms with van der Waals surface area (Å²) >= 11 is 0. The highest BCUT2D eigenvalue weighted by Gasteiger charge is 2.11. The molecule has 124 valence electrons. The van der Waals surface area contributed by atoms with Crippen LogP contribution in [0.4, 0.5) is 0 Å². The highest BCUT2D eigenvalue weighted by atomic mass is 16.5. The van der Waals surface area contributed by atoms with Gasteiger partial charge in [-0.2, -0.15) is 0 Å². The monoisotopic (exact) mass is 298 g/mol. The van der Waals surface area contributed by atoms with Gasteiger partial charge in [0.2, 0.25) is 0 Å². The van der Waals surface area contributed by atoms with Crippen LogP contribution in [0.1, 0.15) is 105 Å². The fourth-order valence-electron chi connectivity index (χ4n) is 3.12. The van der Waals surface area contributed by atoms with Crippen molar-refractivity contribution >= 4 is 5.97 Å². The molecule has 0 aliphatic heterocycles. The molecule has 0 aromatic heterocycles. The van der Waals surface area contributed by atoms with Crippen molar-refractivity contribution in [3.05, 3.63) is 0 Å². The van der Waals surface area contributed by atoms with E-state index in [4.69, 9.17) is 2.74 Å². The van der Waals surface area contributed by atoms with Gasteiger partial charge in [0.1, 0.15) is 0 Å². The van der Waals surface area contributed by atoms with E-state index in [1.165, 1.54) is 45.6 Å². The second kappa shape index (κ2) is 13.2. The molecular formula is C19H36O2. The zero-order valence-electron chi connectivity index (χ0n) is 15.9. The highest BCUT2D eigenvalue weighted by Crippen LogP contribution is 2.27. The molecule has 1 aliphatic carbocycles. The number of methoxy groups -OCH3 is 1. The Morgan fingerprint density at radius 3 is 2.38 bits per heavy atom. The van der Waals surface area contributed by atoms with E-state index < -0.39 is 0 Å². The molecule has 3 atom stereocenters. The highest BCUT2D eigenvalue weighted by molar-refractivity contribution is 5.68. The number of hydrogen-bond donors (Lipinski definition) is 0. The molecule has 0 aromatic carbocycles. The van der Waals surface area contributed by atoms with Crippen LogP contribution in [0.3, 0.4) is 0 Å². The van der Waals surface area contributed by atoms with E-state index in [-0.39, 0.29) is 18.8 Å². The van der Waals surface area contributed by atoms with Gasteiger partial charge in [-0.15, -0.1) is 0 Å². The number of esters is 1. The third kappa shape index (κ3) is 10.8.